The van der Waals surface area contributed by atoms with Crippen LogP contribution in [0, 0.1) is 0 Å². The summed E-state index contributed by atoms with van der Waals surface area (Å²) in [6, 6.07) is 4.08. The van der Waals surface area contributed by atoms with Crippen molar-refractivity contribution in [3.63, 3.8) is 0 Å². The molecule has 6 nitrogen and oxygen atoms in total. The van der Waals surface area contributed by atoms with Crippen LogP contribution in [0.25, 0.3) is 0 Å². The average molecular weight is 411 g/mol. The number of carbonyl (C=O) groups is 2. The van der Waals surface area contributed by atoms with Gasteiger partial charge >= 0.3 is 12.1 Å². The molecule has 1 aromatic rings. The van der Waals surface area contributed by atoms with E-state index in [9.17, 15) is 31.2 Å². The van der Waals surface area contributed by atoms with Gasteiger partial charge in [-0.1, -0.05) is 6.07 Å². The number of nitrogens with one attached hydrogen (secondary N) is 1. The van der Waals surface area contributed by atoms with Crippen LogP contribution in [-0.4, -0.2) is 49.4 Å². The second kappa shape index (κ2) is 8.30. The van der Waals surface area contributed by atoms with Crippen LogP contribution in [0.3, 0.4) is 0 Å². The summed E-state index contributed by atoms with van der Waals surface area (Å²) in [6.45, 7) is -0.640. The summed E-state index contributed by atoms with van der Waals surface area (Å²) in [5, 5.41) is 2.04. The quantitative estimate of drug-likeness (QED) is 0.722. The highest BCUT2D eigenvalue weighted by atomic mass is 32.2. The number of hydrogen-bond donors (Lipinski definition) is 1. The van der Waals surface area contributed by atoms with Crippen LogP contribution in [-0.2, 0) is 30.3 Å². The van der Waals surface area contributed by atoms with Gasteiger partial charge in [-0.15, -0.1) is 11.8 Å². The summed E-state index contributed by atoms with van der Waals surface area (Å²) >= 11 is 1.14. The number of hydrogen-bond acceptors (Lipinski definition) is 6. The van der Waals surface area contributed by atoms with Crippen molar-refractivity contribution in [2.45, 2.75) is 17.8 Å². The lowest BCUT2D eigenvalue weighted by Crippen LogP contribution is -2.22. The van der Waals surface area contributed by atoms with Crippen molar-refractivity contribution in [3.8, 4) is 0 Å². The molecule has 1 saturated heterocycles. The van der Waals surface area contributed by atoms with E-state index in [4.69, 9.17) is 4.74 Å². The highest BCUT2D eigenvalue weighted by Crippen LogP contribution is 2.30. The number of sulfone groups is 1. The molecule has 0 aliphatic carbocycles. The Bertz CT molecular complexity index is 780. The molecule has 26 heavy (non-hydrogen) atoms. The maximum absolute atomic E-state index is 12.6. The fourth-order valence-corrected chi connectivity index (χ4v) is 5.68. The average Bonchev–Trinajstić information content (AvgIpc) is 2.89. The summed E-state index contributed by atoms with van der Waals surface area (Å²) < 4.78 is 65.2. The van der Waals surface area contributed by atoms with Gasteiger partial charge in [0.2, 0.25) is 0 Å². The summed E-state index contributed by atoms with van der Waals surface area (Å²) in [4.78, 5) is 23.3. The summed E-state index contributed by atoms with van der Waals surface area (Å²) in [5.41, 5.74) is -0.971. The first kappa shape index (κ1) is 20.6. The van der Waals surface area contributed by atoms with Gasteiger partial charge in [0.15, 0.2) is 16.4 Å². The Kier molecular flexibility index (Phi) is 6.56. The van der Waals surface area contributed by atoms with Crippen LogP contribution >= 0.6 is 11.8 Å². The minimum atomic E-state index is -4.53. The van der Waals surface area contributed by atoms with E-state index < -0.39 is 40.1 Å². The number of rotatable bonds is 6. The van der Waals surface area contributed by atoms with E-state index in [1.807, 2.05) is 0 Å². The molecule has 1 heterocycles. The summed E-state index contributed by atoms with van der Waals surface area (Å²) in [7, 11) is -3.03. The van der Waals surface area contributed by atoms with Crippen molar-refractivity contribution in [2.24, 2.45) is 0 Å². The second-order valence-corrected chi connectivity index (χ2v) is 9.14. The Hall–Kier alpha value is -1.75. The van der Waals surface area contributed by atoms with E-state index in [0.717, 1.165) is 30.0 Å². The molecule has 0 unspecified atom stereocenters. The van der Waals surface area contributed by atoms with E-state index in [0.29, 0.717) is 6.42 Å². The summed E-state index contributed by atoms with van der Waals surface area (Å²) in [6.07, 6.45) is -4.06. The van der Waals surface area contributed by atoms with Gasteiger partial charge in [-0.2, -0.15) is 13.2 Å². The van der Waals surface area contributed by atoms with Crippen molar-refractivity contribution < 1.29 is 35.9 Å². The maximum Gasteiger partial charge on any atom is 0.416 e. The number of anilines is 1. The lowest BCUT2D eigenvalue weighted by atomic mass is 10.2. The molecule has 2 rings (SSSR count). The van der Waals surface area contributed by atoms with Crippen LogP contribution in [0.5, 0.6) is 0 Å². The third kappa shape index (κ3) is 6.52. The second-order valence-electron chi connectivity index (χ2n) is 5.62. The minimum Gasteiger partial charge on any atom is -0.455 e. The van der Waals surface area contributed by atoms with E-state index in [-0.39, 0.29) is 28.2 Å². The number of alkyl halides is 3. The number of benzene rings is 1. The molecule has 1 aliphatic heterocycles. The van der Waals surface area contributed by atoms with E-state index in [1.165, 1.54) is 6.07 Å². The molecule has 0 radical (unpaired) electrons. The Balaban J connectivity index is 1.74. The molecule has 11 heteroatoms. The number of esters is 1. The normalized spacial score (nSPS) is 19.1. The van der Waals surface area contributed by atoms with Gasteiger partial charge in [0.05, 0.1) is 22.8 Å². The molecule has 1 N–H and O–H groups in total. The Morgan fingerprint density at radius 1 is 1.31 bits per heavy atom. The van der Waals surface area contributed by atoms with Gasteiger partial charge in [0.1, 0.15) is 0 Å². The van der Waals surface area contributed by atoms with Gasteiger partial charge in [0, 0.05) is 10.9 Å². The third-order valence-electron chi connectivity index (χ3n) is 3.47. The van der Waals surface area contributed by atoms with E-state index in [1.54, 1.807) is 0 Å². The number of amides is 1. The van der Waals surface area contributed by atoms with Crippen molar-refractivity contribution in [1.29, 1.82) is 0 Å². The predicted octanol–water partition coefficient (Wildman–Crippen LogP) is 2.11. The standard InChI is InChI=1S/C15H16F3NO5S2/c16-15(17,18)10-2-1-3-11(6-10)19-13(20)7-24-14(21)8-25-12-4-5-26(22,23)9-12/h1-3,6,12H,4-5,7-9H2,(H,19,20)/t12-/m0/s1. The third-order valence-corrected chi connectivity index (χ3v) is 6.72. The van der Waals surface area contributed by atoms with Crippen LogP contribution < -0.4 is 5.32 Å². The Morgan fingerprint density at radius 3 is 2.65 bits per heavy atom. The molecule has 0 spiro atoms. The molecule has 144 valence electrons. The zero-order valence-electron chi connectivity index (χ0n) is 13.4. The molecule has 0 bridgehead atoms. The smallest absolute Gasteiger partial charge is 0.416 e. The minimum absolute atomic E-state index is 0.0149. The van der Waals surface area contributed by atoms with Crippen molar-refractivity contribution >= 4 is 39.2 Å². The van der Waals surface area contributed by atoms with Crippen LogP contribution in [0.1, 0.15) is 12.0 Å². The Morgan fingerprint density at radius 2 is 2.04 bits per heavy atom. The topological polar surface area (TPSA) is 89.5 Å². The van der Waals surface area contributed by atoms with Gasteiger partial charge < -0.3 is 10.1 Å². The molecular weight excluding hydrogens is 395 g/mol. The molecule has 0 aromatic heterocycles. The van der Waals surface area contributed by atoms with Crippen molar-refractivity contribution in [3.05, 3.63) is 29.8 Å². The van der Waals surface area contributed by atoms with E-state index in [2.05, 4.69) is 5.32 Å². The highest BCUT2D eigenvalue weighted by Gasteiger charge is 2.30. The zero-order chi connectivity index (χ0) is 19.4. The van der Waals surface area contributed by atoms with Crippen molar-refractivity contribution in [1.82, 2.24) is 0 Å². The first-order valence-corrected chi connectivity index (χ1v) is 10.4. The van der Waals surface area contributed by atoms with Gasteiger partial charge in [-0.25, -0.2) is 8.42 Å². The predicted molar refractivity (Wildman–Crippen MR) is 90.5 cm³/mol. The first-order chi connectivity index (χ1) is 12.0. The van der Waals surface area contributed by atoms with Crippen LogP contribution in [0.4, 0.5) is 18.9 Å². The number of ether oxygens (including phenoxy) is 1. The molecule has 1 aliphatic rings. The molecule has 0 saturated carbocycles. The van der Waals surface area contributed by atoms with Crippen molar-refractivity contribution in [2.75, 3.05) is 29.2 Å². The number of carbonyl (C=O) groups excluding carboxylic acids is 2. The maximum atomic E-state index is 12.6. The van der Waals surface area contributed by atoms with Gasteiger partial charge in [-0.3, -0.25) is 9.59 Å². The van der Waals surface area contributed by atoms with Gasteiger partial charge in [-0.05, 0) is 24.6 Å². The lowest BCUT2D eigenvalue weighted by Gasteiger charge is -2.10. The van der Waals surface area contributed by atoms with Crippen LogP contribution in [0.15, 0.2) is 24.3 Å². The fraction of sp³-hybridized carbons (Fsp3) is 0.467. The molecule has 1 fully saturated rings. The Labute approximate surface area is 152 Å². The molecule has 1 amide bonds. The SMILES string of the molecule is O=C(COC(=O)CS[C@H]1CCS(=O)(=O)C1)Nc1cccc(C(F)(F)F)c1. The molecular formula is C15H16F3NO5S2. The fourth-order valence-electron chi connectivity index (χ4n) is 2.24. The number of halogens is 3. The van der Waals surface area contributed by atoms with E-state index >= 15 is 0 Å². The monoisotopic (exact) mass is 411 g/mol. The summed E-state index contributed by atoms with van der Waals surface area (Å²) in [5.74, 6) is -1.46. The molecule has 1 atom stereocenters. The first-order valence-electron chi connectivity index (χ1n) is 7.50. The lowest BCUT2D eigenvalue weighted by molar-refractivity contribution is -0.144. The largest absolute Gasteiger partial charge is 0.455 e. The zero-order valence-corrected chi connectivity index (χ0v) is 15.0. The van der Waals surface area contributed by atoms with Gasteiger partial charge in [0.25, 0.3) is 5.91 Å². The van der Waals surface area contributed by atoms with Crippen LogP contribution in [0.2, 0.25) is 0 Å². The highest BCUT2D eigenvalue weighted by molar-refractivity contribution is 8.02. The number of thioether (sulfide) groups is 1. The molecule has 1 aromatic carbocycles.